The highest BCUT2D eigenvalue weighted by Crippen LogP contribution is 2.48. The molecular weight excluding hydrogens is 206 g/mol. The Morgan fingerprint density at radius 3 is 2.12 bits per heavy atom. The molecule has 0 radical (unpaired) electrons. The fourth-order valence-corrected chi connectivity index (χ4v) is 4.11. The zero-order chi connectivity index (χ0) is 12.3. The van der Waals surface area contributed by atoms with Crippen molar-refractivity contribution in [2.45, 2.75) is 78.2 Å². The van der Waals surface area contributed by atoms with Gasteiger partial charge in [0.1, 0.15) is 0 Å². The smallest absolute Gasteiger partial charge is 0.00671 e. The van der Waals surface area contributed by atoms with Crippen LogP contribution in [0.4, 0.5) is 0 Å². The predicted molar refractivity (Wildman–Crippen MR) is 75.2 cm³/mol. The second-order valence-corrected chi connectivity index (χ2v) is 6.94. The van der Waals surface area contributed by atoms with Crippen molar-refractivity contribution in [3.8, 4) is 0 Å². The number of hydrogen-bond donors (Lipinski definition) is 1. The molecule has 2 saturated carbocycles. The Kier molecular flexibility index (Phi) is 4.52. The molecule has 0 bridgehead atoms. The van der Waals surface area contributed by atoms with E-state index in [0.717, 1.165) is 24.4 Å². The summed E-state index contributed by atoms with van der Waals surface area (Å²) in [4.78, 5) is 0. The first-order valence-electron chi connectivity index (χ1n) is 7.87. The Bertz CT molecular complexity index is 220. The highest BCUT2D eigenvalue weighted by Gasteiger charge is 2.38. The Morgan fingerprint density at radius 2 is 1.59 bits per heavy atom. The highest BCUT2D eigenvalue weighted by atomic mass is 14.9. The van der Waals surface area contributed by atoms with Gasteiger partial charge in [0.2, 0.25) is 0 Å². The monoisotopic (exact) mass is 237 g/mol. The highest BCUT2D eigenvalue weighted by molar-refractivity contribution is 4.90. The van der Waals surface area contributed by atoms with Gasteiger partial charge in [-0.15, -0.1) is 0 Å². The van der Waals surface area contributed by atoms with E-state index >= 15 is 0 Å². The van der Waals surface area contributed by atoms with Crippen LogP contribution in [0, 0.1) is 17.3 Å². The molecule has 100 valence electrons. The fourth-order valence-electron chi connectivity index (χ4n) is 4.11. The van der Waals surface area contributed by atoms with Crippen LogP contribution >= 0.6 is 0 Å². The molecule has 2 aliphatic carbocycles. The molecule has 0 saturated heterocycles. The van der Waals surface area contributed by atoms with E-state index < -0.39 is 0 Å². The lowest BCUT2D eigenvalue weighted by Gasteiger charge is -2.45. The Balaban J connectivity index is 1.83. The van der Waals surface area contributed by atoms with Gasteiger partial charge in [0, 0.05) is 6.04 Å². The van der Waals surface area contributed by atoms with E-state index in [1.807, 2.05) is 0 Å². The third-order valence-corrected chi connectivity index (χ3v) is 5.62. The average molecular weight is 237 g/mol. The molecule has 17 heavy (non-hydrogen) atoms. The SMILES string of the molecule is CCNC1CCC(C2(C)CCC(C)CC2)CC1. The molecule has 2 fully saturated rings. The van der Waals surface area contributed by atoms with E-state index in [1.165, 1.54) is 51.4 Å². The Labute approximate surface area is 108 Å². The van der Waals surface area contributed by atoms with Gasteiger partial charge in [-0.25, -0.2) is 0 Å². The van der Waals surface area contributed by atoms with Crippen LogP contribution in [0.25, 0.3) is 0 Å². The molecule has 0 aliphatic heterocycles. The van der Waals surface area contributed by atoms with Gasteiger partial charge in [-0.1, -0.05) is 33.6 Å². The minimum Gasteiger partial charge on any atom is -0.314 e. The molecule has 1 heteroatoms. The maximum atomic E-state index is 3.63. The van der Waals surface area contributed by atoms with Crippen LogP contribution in [-0.2, 0) is 0 Å². The molecule has 2 rings (SSSR count). The Hall–Kier alpha value is -0.0400. The summed E-state index contributed by atoms with van der Waals surface area (Å²) in [5.74, 6) is 2.01. The number of nitrogens with one attached hydrogen (secondary N) is 1. The van der Waals surface area contributed by atoms with Crippen LogP contribution in [-0.4, -0.2) is 12.6 Å². The molecule has 0 aromatic rings. The van der Waals surface area contributed by atoms with E-state index in [2.05, 4.69) is 26.1 Å². The Morgan fingerprint density at radius 1 is 1.00 bits per heavy atom. The van der Waals surface area contributed by atoms with Gasteiger partial charge in [-0.3, -0.25) is 0 Å². The van der Waals surface area contributed by atoms with Crippen molar-refractivity contribution in [2.75, 3.05) is 6.54 Å². The van der Waals surface area contributed by atoms with Gasteiger partial charge < -0.3 is 5.32 Å². The predicted octanol–water partition coefficient (Wildman–Crippen LogP) is 4.37. The van der Waals surface area contributed by atoms with Crippen LogP contribution in [0.2, 0.25) is 0 Å². The van der Waals surface area contributed by atoms with Gasteiger partial charge in [0.15, 0.2) is 0 Å². The van der Waals surface area contributed by atoms with Crippen molar-refractivity contribution in [2.24, 2.45) is 17.3 Å². The van der Waals surface area contributed by atoms with Crippen LogP contribution in [0.15, 0.2) is 0 Å². The molecule has 2 aliphatic rings. The fraction of sp³-hybridized carbons (Fsp3) is 1.00. The third kappa shape index (κ3) is 3.24. The van der Waals surface area contributed by atoms with Crippen molar-refractivity contribution in [1.82, 2.24) is 5.32 Å². The van der Waals surface area contributed by atoms with Gasteiger partial charge in [0.25, 0.3) is 0 Å². The first-order chi connectivity index (χ1) is 8.14. The van der Waals surface area contributed by atoms with E-state index in [1.54, 1.807) is 0 Å². The lowest BCUT2D eigenvalue weighted by Crippen LogP contribution is -2.39. The van der Waals surface area contributed by atoms with Crippen LogP contribution in [0.5, 0.6) is 0 Å². The van der Waals surface area contributed by atoms with Gasteiger partial charge >= 0.3 is 0 Å². The van der Waals surface area contributed by atoms with Crippen molar-refractivity contribution in [1.29, 1.82) is 0 Å². The molecule has 1 N–H and O–H groups in total. The first-order valence-corrected chi connectivity index (χ1v) is 7.87. The summed E-state index contributed by atoms with van der Waals surface area (Å²) in [6, 6.07) is 0.822. The molecule has 1 nitrogen and oxygen atoms in total. The van der Waals surface area contributed by atoms with Crippen LogP contribution in [0.1, 0.15) is 72.1 Å². The minimum atomic E-state index is 0.684. The maximum absolute atomic E-state index is 3.63. The van der Waals surface area contributed by atoms with E-state index in [0.29, 0.717) is 5.41 Å². The van der Waals surface area contributed by atoms with Crippen LogP contribution in [0.3, 0.4) is 0 Å². The third-order valence-electron chi connectivity index (χ3n) is 5.62. The molecule has 0 aromatic heterocycles. The quantitative estimate of drug-likeness (QED) is 0.768. The summed E-state index contributed by atoms with van der Waals surface area (Å²) in [7, 11) is 0. The zero-order valence-corrected chi connectivity index (χ0v) is 12.1. The molecular formula is C16H31N. The summed E-state index contributed by atoms with van der Waals surface area (Å²) < 4.78 is 0. The van der Waals surface area contributed by atoms with E-state index in [4.69, 9.17) is 0 Å². The summed E-state index contributed by atoms with van der Waals surface area (Å²) >= 11 is 0. The topological polar surface area (TPSA) is 12.0 Å². The van der Waals surface area contributed by atoms with Crippen molar-refractivity contribution < 1.29 is 0 Å². The molecule has 0 aromatic carbocycles. The summed E-state index contributed by atoms with van der Waals surface area (Å²) in [6.07, 6.45) is 11.7. The lowest BCUT2D eigenvalue weighted by molar-refractivity contribution is 0.0639. The summed E-state index contributed by atoms with van der Waals surface area (Å²) in [6.45, 7) is 8.39. The number of hydrogen-bond acceptors (Lipinski definition) is 1. The van der Waals surface area contributed by atoms with Crippen molar-refractivity contribution in [3.63, 3.8) is 0 Å². The second kappa shape index (κ2) is 5.73. The van der Waals surface area contributed by atoms with Gasteiger partial charge in [0.05, 0.1) is 0 Å². The maximum Gasteiger partial charge on any atom is 0.00671 e. The van der Waals surface area contributed by atoms with Crippen molar-refractivity contribution in [3.05, 3.63) is 0 Å². The minimum absolute atomic E-state index is 0.684. The van der Waals surface area contributed by atoms with E-state index in [-0.39, 0.29) is 0 Å². The van der Waals surface area contributed by atoms with E-state index in [9.17, 15) is 0 Å². The molecule has 0 unspecified atom stereocenters. The first kappa shape index (κ1) is 13.4. The lowest BCUT2D eigenvalue weighted by atomic mass is 9.61. The zero-order valence-electron chi connectivity index (χ0n) is 12.1. The second-order valence-electron chi connectivity index (χ2n) is 6.94. The largest absolute Gasteiger partial charge is 0.314 e. The van der Waals surface area contributed by atoms with Crippen molar-refractivity contribution >= 4 is 0 Å². The molecule has 0 spiro atoms. The average Bonchev–Trinajstić information content (AvgIpc) is 2.35. The van der Waals surface area contributed by atoms with Gasteiger partial charge in [-0.2, -0.15) is 0 Å². The summed E-state index contributed by atoms with van der Waals surface area (Å²) in [5.41, 5.74) is 0.684. The van der Waals surface area contributed by atoms with Crippen LogP contribution < -0.4 is 5.32 Å². The standard InChI is InChI=1S/C16H31N/c1-4-17-15-7-5-14(6-8-15)16(3)11-9-13(2)10-12-16/h13-15,17H,4-12H2,1-3H3. The molecule has 0 amide bonds. The number of rotatable bonds is 3. The summed E-state index contributed by atoms with van der Waals surface area (Å²) in [5, 5.41) is 3.63. The van der Waals surface area contributed by atoms with Gasteiger partial charge in [-0.05, 0) is 62.3 Å². The normalized spacial score (nSPS) is 43.6. The molecule has 0 heterocycles. The molecule has 0 atom stereocenters.